The highest BCUT2D eigenvalue weighted by Gasteiger charge is 2.04. The Kier molecular flexibility index (Phi) is 4.64. The molecule has 1 aromatic rings. The molecule has 0 saturated heterocycles. The quantitative estimate of drug-likeness (QED) is 0.585. The summed E-state index contributed by atoms with van der Waals surface area (Å²) in [6.45, 7) is 4.69. The number of anilines is 1. The molecule has 88 valence electrons. The fraction of sp³-hybridized carbons (Fsp3) is 0.417. The Morgan fingerprint density at radius 2 is 2.00 bits per heavy atom. The third-order valence-corrected chi connectivity index (χ3v) is 2.07. The molecule has 0 atom stereocenters. The van der Waals surface area contributed by atoms with Crippen molar-refractivity contribution in [3.63, 3.8) is 0 Å². The van der Waals surface area contributed by atoms with Crippen molar-refractivity contribution in [2.24, 2.45) is 5.92 Å². The van der Waals surface area contributed by atoms with E-state index >= 15 is 0 Å². The van der Waals surface area contributed by atoms with Crippen molar-refractivity contribution in [1.29, 1.82) is 0 Å². The summed E-state index contributed by atoms with van der Waals surface area (Å²) < 4.78 is 5.42. The Balaban J connectivity index is 2.21. The molecule has 0 spiro atoms. The number of nitrogen functional groups attached to an aromatic ring is 1. The van der Waals surface area contributed by atoms with Gasteiger partial charge in [-0.15, -0.1) is 0 Å². The van der Waals surface area contributed by atoms with Crippen LogP contribution in [-0.2, 0) is 4.79 Å². The minimum Gasteiger partial charge on any atom is -0.492 e. The van der Waals surface area contributed by atoms with Crippen molar-refractivity contribution in [3.05, 3.63) is 24.3 Å². The maximum atomic E-state index is 11.2. The van der Waals surface area contributed by atoms with E-state index in [1.807, 2.05) is 13.8 Å². The van der Waals surface area contributed by atoms with Gasteiger partial charge in [0.25, 0.3) is 0 Å². The molecule has 0 saturated carbocycles. The molecule has 3 N–H and O–H groups in total. The molecule has 0 bridgehead atoms. The Bertz CT molecular complexity index is 333. The highest BCUT2D eigenvalue weighted by Crippen LogP contribution is 2.12. The van der Waals surface area contributed by atoms with Crippen LogP contribution in [0.1, 0.15) is 13.8 Å². The van der Waals surface area contributed by atoms with Crippen molar-refractivity contribution in [2.75, 3.05) is 18.9 Å². The molecule has 4 nitrogen and oxygen atoms in total. The number of benzene rings is 1. The summed E-state index contributed by atoms with van der Waals surface area (Å²) in [7, 11) is 0. The monoisotopic (exact) mass is 222 g/mol. The van der Waals surface area contributed by atoms with Gasteiger partial charge in [0, 0.05) is 11.6 Å². The molecule has 0 aliphatic heterocycles. The van der Waals surface area contributed by atoms with Crippen molar-refractivity contribution >= 4 is 11.6 Å². The molecule has 0 unspecified atom stereocenters. The number of ether oxygens (including phenoxy) is 1. The minimum absolute atomic E-state index is 0.0107. The van der Waals surface area contributed by atoms with Crippen molar-refractivity contribution in [2.45, 2.75) is 13.8 Å². The van der Waals surface area contributed by atoms with E-state index in [2.05, 4.69) is 5.32 Å². The molecule has 1 aromatic carbocycles. The average molecular weight is 222 g/mol. The van der Waals surface area contributed by atoms with Gasteiger partial charge < -0.3 is 15.8 Å². The third kappa shape index (κ3) is 4.21. The van der Waals surface area contributed by atoms with Gasteiger partial charge in [-0.1, -0.05) is 13.8 Å². The van der Waals surface area contributed by atoms with Crippen molar-refractivity contribution in [3.8, 4) is 5.75 Å². The number of amides is 1. The van der Waals surface area contributed by atoms with Crippen LogP contribution in [0.5, 0.6) is 5.75 Å². The summed E-state index contributed by atoms with van der Waals surface area (Å²) in [5.74, 6) is 0.811. The number of hydrogen-bond donors (Lipinski definition) is 2. The first-order valence-electron chi connectivity index (χ1n) is 5.35. The van der Waals surface area contributed by atoms with E-state index in [9.17, 15) is 4.79 Å². The van der Waals surface area contributed by atoms with Gasteiger partial charge >= 0.3 is 0 Å². The lowest BCUT2D eigenvalue weighted by molar-refractivity contribution is -0.124. The summed E-state index contributed by atoms with van der Waals surface area (Å²) in [4.78, 5) is 11.2. The smallest absolute Gasteiger partial charge is 0.222 e. The number of hydrogen-bond acceptors (Lipinski definition) is 3. The number of nitrogens with two attached hydrogens (primary N) is 1. The summed E-state index contributed by atoms with van der Waals surface area (Å²) >= 11 is 0. The van der Waals surface area contributed by atoms with Crippen LogP contribution in [0.3, 0.4) is 0 Å². The average Bonchev–Trinajstić information content (AvgIpc) is 2.26. The molecule has 1 amide bonds. The lowest BCUT2D eigenvalue weighted by Gasteiger charge is -2.09. The van der Waals surface area contributed by atoms with Gasteiger partial charge in [0.05, 0.1) is 6.54 Å². The van der Waals surface area contributed by atoms with Crippen LogP contribution in [0.15, 0.2) is 24.3 Å². The SMILES string of the molecule is CC(C)C(=O)NCCOc1ccc(N)cc1. The molecule has 0 aliphatic rings. The second kappa shape index (κ2) is 6.00. The predicted molar refractivity (Wildman–Crippen MR) is 64.2 cm³/mol. The van der Waals surface area contributed by atoms with Crippen LogP contribution in [0, 0.1) is 5.92 Å². The zero-order chi connectivity index (χ0) is 12.0. The first-order valence-corrected chi connectivity index (χ1v) is 5.35. The molecular weight excluding hydrogens is 204 g/mol. The van der Waals surface area contributed by atoms with Crippen molar-refractivity contribution in [1.82, 2.24) is 5.32 Å². The molecular formula is C12H18N2O2. The first-order chi connectivity index (χ1) is 7.59. The molecule has 0 heterocycles. The van der Waals surface area contributed by atoms with Crippen LogP contribution in [0.2, 0.25) is 0 Å². The lowest BCUT2D eigenvalue weighted by Crippen LogP contribution is -2.31. The van der Waals surface area contributed by atoms with E-state index in [1.54, 1.807) is 24.3 Å². The Hall–Kier alpha value is -1.71. The molecule has 0 aliphatic carbocycles. The molecule has 0 fully saturated rings. The van der Waals surface area contributed by atoms with E-state index < -0.39 is 0 Å². The maximum absolute atomic E-state index is 11.2. The normalized spacial score (nSPS) is 10.2. The van der Waals surface area contributed by atoms with E-state index in [-0.39, 0.29) is 11.8 Å². The van der Waals surface area contributed by atoms with Crippen LogP contribution < -0.4 is 15.8 Å². The van der Waals surface area contributed by atoms with Crippen LogP contribution in [0.25, 0.3) is 0 Å². The standard InChI is InChI=1S/C12H18N2O2/c1-9(2)12(15)14-7-8-16-11-5-3-10(13)4-6-11/h3-6,9H,7-8,13H2,1-2H3,(H,14,15). The number of nitrogens with one attached hydrogen (secondary N) is 1. The van der Waals surface area contributed by atoms with Crippen LogP contribution in [-0.4, -0.2) is 19.1 Å². The van der Waals surface area contributed by atoms with Crippen molar-refractivity contribution < 1.29 is 9.53 Å². The van der Waals surface area contributed by atoms with E-state index in [0.717, 1.165) is 5.75 Å². The van der Waals surface area contributed by atoms with Gasteiger partial charge in [0.15, 0.2) is 0 Å². The van der Waals surface area contributed by atoms with Gasteiger partial charge in [-0.2, -0.15) is 0 Å². The molecule has 4 heteroatoms. The maximum Gasteiger partial charge on any atom is 0.222 e. The van der Waals surface area contributed by atoms with Gasteiger partial charge in [0.1, 0.15) is 12.4 Å². The lowest BCUT2D eigenvalue weighted by atomic mass is 10.2. The van der Waals surface area contributed by atoms with E-state index in [0.29, 0.717) is 18.8 Å². The van der Waals surface area contributed by atoms with Gasteiger partial charge in [-0.3, -0.25) is 4.79 Å². The largest absolute Gasteiger partial charge is 0.492 e. The topological polar surface area (TPSA) is 64.3 Å². The third-order valence-electron chi connectivity index (χ3n) is 2.07. The second-order valence-corrected chi connectivity index (χ2v) is 3.86. The summed E-state index contributed by atoms with van der Waals surface area (Å²) in [5, 5.41) is 2.78. The highest BCUT2D eigenvalue weighted by molar-refractivity contribution is 5.77. The Morgan fingerprint density at radius 1 is 1.38 bits per heavy atom. The summed E-state index contributed by atoms with van der Waals surface area (Å²) in [6, 6.07) is 7.17. The highest BCUT2D eigenvalue weighted by atomic mass is 16.5. The van der Waals surface area contributed by atoms with Gasteiger partial charge in [-0.05, 0) is 24.3 Å². The van der Waals surface area contributed by atoms with E-state index in [1.165, 1.54) is 0 Å². The summed E-state index contributed by atoms with van der Waals surface area (Å²) in [5.41, 5.74) is 6.25. The Labute approximate surface area is 95.8 Å². The van der Waals surface area contributed by atoms with E-state index in [4.69, 9.17) is 10.5 Å². The van der Waals surface area contributed by atoms with Crippen LogP contribution >= 0.6 is 0 Å². The zero-order valence-corrected chi connectivity index (χ0v) is 9.69. The number of carbonyl (C=O) groups excluding carboxylic acids is 1. The van der Waals surface area contributed by atoms with Gasteiger partial charge in [-0.25, -0.2) is 0 Å². The zero-order valence-electron chi connectivity index (χ0n) is 9.69. The van der Waals surface area contributed by atoms with Crippen LogP contribution in [0.4, 0.5) is 5.69 Å². The minimum atomic E-state index is 0.0107. The fourth-order valence-electron chi connectivity index (χ4n) is 1.11. The predicted octanol–water partition coefficient (Wildman–Crippen LogP) is 1.42. The Morgan fingerprint density at radius 3 is 2.56 bits per heavy atom. The number of carbonyl (C=O) groups is 1. The molecule has 1 rings (SSSR count). The fourth-order valence-corrected chi connectivity index (χ4v) is 1.11. The summed E-state index contributed by atoms with van der Waals surface area (Å²) in [6.07, 6.45) is 0. The first kappa shape index (κ1) is 12.4. The van der Waals surface area contributed by atoms with Gasteiger partial charge in [0.2, 0.25) is 5.91 Å². The second-order valence-electron chi connectivity index (χ2n) is 3.86. The molecule has 0 aromatic heterocycles. The molecule has 16 heavy (non-hydrogen) atoms. The molecule has 0 radical (unpaired) electrons. The number of rotatable bonds is 5.